The number of rotatable bonds is 4. The molecule has 1 saturated heterocycles. The molecule has 0 bridgehead atoms. The van der Waals surface area contributed by atoms with Gasteiger partial charge in [-0.1, -0.05) is 39.5 Å². The largest absolute Gasteiger partial charge is 0.388 e. The first-order valence-corrected chi connectivity index (χ1v) is 8.20. The standard InChI is InChI=1S/C16H30N2O2/c1-13(2)16(9-10-17-12-16)14(19)18-11-15(20)7-5-3-4-6-8-15/h13,17,20H,3-12H2,1-2H3,(H,18,19). The molecule has 3 N–H and O–H groups in total. The third-order valence-electron chi connectivity index (χ3n) is 5.36. The molecule has 0 aromatic carbocycles. The topological polar surface area (TPSA) is 61.4 Å². The molecule has 2 rings (SSSR count). The van der Waals surface area contributed by atoms with Gasteiger partial charge in [-0.2, -0.15) is 0 Å². The SMILES string of the molecule is CC(C)C1(C(=O)NCC2(O)CCCCCC2)CCNC1. The number of hydrogen-bond acceptors (Lipinski definition) is 3. The molecule has 4 nitrogen and oxygen atoms in total. The van der Waals surface area contributed by atoms with Gasteiger partial charge in [0.05, 0.1) is 11.0 Å². The van der Waals surface area contributed by atoms with Gasteiger partial charge in [0.1, 0.15) is 0 Å². The summed E-state index contributed by atoms with van der Waals surface area (Å²) < 4.78 is 0. The molecule has 1 amide bonds. The Morgan fingerprint density at radius 1 is 1.20 bits per heavy atom. The van der Waals surface area contributed by atoms with E-state index in [0.29, 0.717) is 12.5 Å². The fraction of sp³-hybridized carbons (Fsp3) is 0.938. The highest BCUT2D eigenvalue weighted by Crippen LogP contribution is 2.34. The van der Waals surface area contributed by atoms with E-state index in [0.717, 1.165) is 45.2 Å². The normalized spacial score (nSPS) is 30.2. The van der Waals surface area contributed by atoms with Crippen LogP contribution in [0, 0.1) is 11.3 Å². The van der Waals surface area contributed by atoms with Gasteiger partial charge in [0.15, 0.2) is 0 Å². The summed E-state index contributed by atoms with van der Waals surface area (Å²) in [7, 11) is 0. The highest BCUT2D eigenvalue weighted by molar-refractivity contribution is 5.83. The molecule has 0 aromatic heterocycles. The van der Waals surface area contributed by atoms with Crippen LogP contribution >= 0.6 is 0 Å². The minimum absolute atomic E-state index is 0.121. The minimum Gasteiger partial charge on any atom is -0.388 e. The van der Waals surface area contributed by atoms with Gasteiger partial charge in [-0.25, -0.2) is 0 Å². The Morgan fingerprint density at radius 2 is 1.85 bits per heavy atom. The number of nitrogens with one attached hydrogen (secondary N) is 2. The fourth-order valence-corrected chi connectivity index (χ4v) is 3.64. The molecule has 0 aromatic rings. The second kappa shape index (κ2) is 6.44. The number of hydrogen-bond donors (Lipinski definition) is 3. The molecular weight excluding hydrogens is 252 g/mol. The zero-order chi connectivity index (χ0) is 14.6. The van der Waals surface area contributed by atoms with E-state index in [4.69, 9.17) is 0 Å². The second-order valence-corrected chi connectivity index (χ2v) is 7.06. The van der Waals surface area contributed by atoms with Gasteiger partial charge in [-0.05, 0) is 31.7 Å². The Morgan fingerprint density at radius 3 is 2.35 bits per heavy atom. The average molecular weight is 282 g/mol. The van der Waals surface area contributed by atoms with Gasteiger partial charge >= 0.3 is 0 Å². The fourth-order valence-electron chi connectivity index (χ4n) is 3.64. The van der Waals surface area contributed by atoms with Crippen molar-refractivity contribution in [2.75, 3.05) is 19.6 Å². The van der Waals surface area contributed by atoms with E-state index in [9.17, 15) is 9.90 Å². The van der Waals surface area contributed by atoms with Crippen molar-refractivity contribution in [1.82, 2.24) is 10.6 Å². The van der Waals surface area contributed by atoms with E-state index in [2.05, 4.69) is 24.5 Å². The van der Waals surface area contributed by atoms with Crippen LogP contribution in [0.3, 0.4) is 0 Å². The highest BCUT2D eigenvalue weighted by atomic mass is 16.3. The molecule has 0 radical (unpaired) electrons. The summed E-state index contributed by atoms with van der Waals surface area (Å²) in [6, 6.07) is 0. The van der Waals surface area contributed by atoms with E-state index in [1.807, 2.05) is 0 Å². The Balaban J connectivity index is 1.93. The van der Waals surface area contributed by atoms with Gasteiger partial charge in [0.25, 0.3) is 0 Å². The van der Waals surface area contributed by atoms with Gasteiger partial charge in [0, 0.05) is 13.1 Å². The Bertz CT molecular complexity index is 327. The summed E-state index contributed by atoms with van der Waals surface area (Å²) in [5.74, 6) is 0.441. The molecule has 1 heterocycles. The first-order valence-electron chi connectivity index (χ1n) is 8.20. The maximum atomic E-state index is 12.6. The quantitative estimate of drug-likeness (QED) is 0.689. The van der Waals surface area contributed by atoms with Crippen molar-refractivity contribution in [3.63, 3.8) is 0 Å². The smallest absolute Gasteiger partial charge is 0.227 e. The van der Waals surface area contributed by atoms with Crippen LogP contribution in [0.2, 0.25) is 0 Å². The van der Waals surface area contributed by atoms with Gasteiger partial charge in [-0.15, -0.1) is 0 Å². The molecule has 1 aliphatic heterocycles. The third kappa shape index (κ3) is 3.34. The van der Waals surface area contributed by atoms with E-state index in [1.54, 1.807) is 0 Å². The minimum atomic E-state index is -0.684. The average Bonchev–Trinajstić information content (AvgIpc) is 2.82. The van der Waals surface area contributed by atoms with Crippen molar-refractivity contribution in [3.05, 3.63) is 0 Å². The summed E-state index contributed by atoms with van der Waals surface area (Å²) >= 11 is 0. The van der Waals surface area contributed by atoms with Crippen LogP contribution in [0.5, 0.6) is 0 Å². The van der Waals surface area contributed by atoms with Crippen molar-refractivity contribution in [1.29, 1.82) is 0 Å². The molecule has 4 heteroatoms. The molecule has 0 spiro atoms. The van der Waals surface area contributed by atoms with Crippen LogP contribution in [0.15, 0.2) is 0 Å². The predicted octanol–water partition coefficient (Wildman–Crippen LogP) is 1.82. The molecule has 1 aliphatic carbocycles. The lowest BCUT2D eigenvalue weighted by Crippen LogP contribution is -2.51. The Hall–Kier alpha value is -0.610. The highest BCUT2D eigenvalue weighted by Gasteiger charge is 2.44. The first kappa shape index (κ1) is 15.8. The zero-order valence-corrected chi connectivity index (χ0v) is 13.0. The maximum absolute atomic E-state index is 12.6. The number of amides is 1. The Labute approximate surface area is 122 Å². The van der Waals surface area contributed by atoms with Crippen LogP contribution in [-0.4, -0.2) is 36.2 Å². The van der Waals surface area contributed by atoms with Crippen molar-refractivity contribution >= 4 is 5.91 Å². The second-order valence-electron chi connectivity index (χ2n) is 7.06. The summed E-state index contributed by atoms with van der Waals surface area (Å²) in [5.41, 5.74) is -0.975. The van der Waals surface area contributed by atoms with Crippen LogP contribution < -0.4 is 10.6 Å². The van der Waals surface area contributed by atoms with Crippen LogP contribution in [0.4, 0.5) is 0 Å². The van der Waals surface area contributed by atoms with Crippen LogP contribution in [0.25, 0.3) is 0 Å². The molecule has 1 atom stereocenters. The van der Waals surface area contributed by atoms with Gasteiger partial charge < -0.3 is 15.7 Å². The monoisotopic (exact) mass is 282 g/mol. The van der Waals surface area contributed by atoms with Crippen molar-refractivity contribution in [2.24, 2.45) is 11.3 Å². The van der Waals surface area contributed by atoms with Gasteiger partial charge in [-0.3, -0.25) is 4.79 Å². The molecule has 20 heavy (non-hydrogen) atoms. The molecule has 1 saturated carbocycles. The molecule has 1 unspecified atom stereocenters. The number of aliphatic hydroxyl groups is 1. The van der Waals surface area contributed by atoms with E-state index in [1.165, 1.54) is 12.8 Å². The molecule has 2 fully saturated rings. The van der Waals surface area contributed by atoms with E-state index < -0.39 is 5.60 Å². The molecule has 116 valence electrons. The Kier molecular flexibility index (Phi) is 5.08. The summed E-state index contributed by atoms with van der Waals surface area (Å²) in [5, 5.41) is 17.0. The predicted molar refractivity (Wildman–Crippen MR) is 80.4 cm³/mol. The lowest BCUT2D eigenvalue weighted by Gasteiger charge is -2.34. The third-order valence-corrected chi connectivity index (χ3v) is 5.36. The summed E-state index contributed by atoms with van der Waals surface area (Å²) in [6.45, 7) is 6.32. The summed E-state index contributed by atoms with van der Waals surface area (Å²) in [4.78, 5) is 12.6. The zero-order valence-electron chi connectivity index (χ0n) is 13.0. The first-order chi connectivity index (χ1) is 9.49. The number of carbonyl (C=O) groups excluding carboxylic acids is 1. The van der Waals surface area contributed by atoms with E-state index >= 15 is 0 Å². The molecular formula is C16H30N2O2. The van der Waals surface area contributed by atoms with Crippen molar-refractivity contribution in [3.8, 4) is 0 Å². The summed E-state index contributed by atoms with van der Waals surface area (Å²) in [6.07, 6.45) is 7.09. The van der Waals surface area contributed by atoms with Gasteiger partial charge in [0.2, 0.25) is 5.91 Å². The van der Waals surface area contributed by atoms with Crippen LogP contribution in [0.1, 0.15) is 58.8 Å². The van der Waals surface area contributed by atoms with Crippen molar-refractivity contribution in [2.45, 2.75) is 64.4 Å². The number of carbonyl (C=O) groups is 1. The van der Waals surface area contributed by atoms with Crippen LogP contribution in [-0.2, 0) is 4.79 Å². The van der Waals surface area contributed by atoms with E-state index in [-0.39, 0.29) is 11.3 Å². The lowest BCUT2D eigenvalue weighted by molar-refractivity contribution is -0.133. The molecule has 2 aliphatic rings. The lowest BCUT2D eigenvalue weighted by atomic mass is 9.75. The van der Waals surface area contributed by atoms with Crippen molar-refractivity contribution < 1.29 is 9.90 Å². The maximum Gasteiger partial charge on any atom is 0.227 e.